The first-order valence-corrected chi connectivity index (χ1v) is 5.84. The van der Waals surface area contributed by atoms with Crippen LogP contribution in [0.1, 0.15) is 16.8 Å². The Hall–Kier alpha value is -2.01. The van der Waals surface area contributed by atoms with Crippen LogP contribution in [0.15, 0.2) is 30.6 Å². The fraction of sp³-hybridized carbons (Fsp3) is 0.154. The molecule has 0 fully saturated rings. The third-order valence-electron chi connectivity index (χ3n) is 2.63. The van der Waals surface area contributed by atoms with E-state index in [0.29, 0.717) is 11.6 Å². The van der Waals surface area contributed by atoms with Gasteiger partial charge in [0.2, 0.25) is 5.88 Å². The molecule has 1 aromatic heterocycles. The van der Waals surface area contributed by atoms with E-state index in [0.717, 1.165) is 16.9 Å². The Morgan fingerprint density at radius 2 is 2.06 bits per heavy atom. The summed E-state index contributed by atoms with van der Waals surface area (Å²) >= 11 is 4.85. The first kappa shape index (κ1) is 12.4. The van der Waals surface area contributed by atoms with Gasteiger partial charge in [0.15, 0.2) is 0 Å². The Bertz CT molecular complexity index is 599. The predicted molar refractivity (Wildman–Crippen MR) is 73.9 cm³/mol. The van der Waals surface area contributed by atoms with Crippen LogP contribution >= 0.6 is 12.2 Å². The molecule has 4 nitrogen and oxygen atoms in total. The van der Waals surface area contributed by atoms with Gasteiger partial charge in [-0.2, -0.15) is 0 Å². The van der Waals surface area contributed by atoms with Crippen LogP contribution in [0.3, 0.4) is 0 Å². The molecule has 0 spiro atoms. The number of aromatic nitrogens is 2. The summed E-state index contributed by atoms with van der Waals surface area (Å²) < 4.78 is 5.69. The number of thiocarbonyl (C=S) groups is 1. The normalized spacial score (nSPS) is 10.1. The molecule has 0 unspecified atom stereocenters. The van der Waals surface area contributed by atoms with Crippen molar-refractivity contribution in [2.24, 2.45) is 5.73 Å². The van der Waals surface area contributed by atoms with E-state index in [9.17, 15) is 0 Å². The van der Waals surface area contributed by atoms with E-state index in [4.69, 9.17) is 22.7 Å². The molecule has 0 aliphatic rings. The quantitative estimate of drug-likeness (QED) is 0.858. The summed E-state index contributed by atoms with van der Waals surface area (Å²) in [5, 5.41) is 0. The van der Waals surface area contributed by atoms with Gasteiger partial charge in [0, 0.05) is 0 Å². The molecular formula is C13H13N3OS. The lowest BCUT2D eigenvalue weighted by molar-refractivity contribution is 0.456. The Morgan fingerprint density at radius 3 is 2.78 bits per heavy atom. The summed E-state index contributed by atoms with van der Waals surface area (Å²) in [6.45, 7) is 4.02. The van der Waals surface area contributed by atoms with E-state index in [1.807, 2.05) is 32.0 Å². The second kappa shape index (κ2) is 5.10. The van der Waals surface area contributed by atoms with Crippen LogP contribution in [0.5, 0.6) is 11.6 Å². The van der Waals surface area contributed by atoms with E-state index in [2.05, 4.69) is 9.97 Å². The maximum atomic E-state index is 5.69. The maximum absolute atomic E-state index is 5.69. The number of nitrogens with two attached hydrogens (primary N) is 1. The topological polar surface area (TPSA) is 61.0 Å². The fourth-order valence-electron chi connectivity index (χ4n) is 1.46. The van der Waals surface area contributed by atoms with E-state index in [-0.39, 0.29) is 4.99 Å². The second-order valence-electron chi connectivity index (χ2n) is 3.91. The monoisotopic (exact) mass is 259 g/mol. The SMILES string of the molecule is Cc1cccc(Oc2cncc(C(N)=S)n2)c1C. The van der Waals surface area contributed by atoms with Crippen molar-refractivity contribution in [3.63, 3.8) is 0 Å². The summed E-state index contributed by atoms with van der Waals surface area (Å²) in [6, 6.07) is 5.85. The van der Waals surface area contributed by atoms with E-state index < -0.39 is 0 Å². The van der Waals surface area contributed by atoms with Crippen molar-refractivity contribution in [1.82, 2.24) is 9.97 Å². The molecule has 0 atom stereocenters. The molecule has 2 aromatic rings. The largest absolute Gasteiger partial charge is 0.437 e. The predicted octanol–water partition coefficient (Wildman–Crippen LogP) is 2.52. The molecule has 0 saturated heterocycles. The zero-order chi connectivity index (χ0) is 13.1. The van der Waals surface area contributed by atoms with Crippen molar-refractivity contribution in [3.05, 3.63) is 47.4 Å². The zero-order valence-corrected chi connectivity index (χ0v) is 11.0. The molecule has 0 saturated carbocycles. The summed E-state index contributed by atoms with van der Waals surface area (Å²) in [6.07, 6.45) is 3.04. The van der Waals surface area contributed by atoms with E-state index in [1.165, 1.54) is 12.4 Å². The average molecular weight is 259 g/mol. The number of hydrogen-bond donors (Lipinski definition) is 1. The van der Waals surface area contributed by atoms with Gasteiger partial charge in [0.1, 0.15) is 16.4 Å². The fourth-order valence-corrected chi connectivity index (χ4v) is 1.56. The average Bonchev–Trinajstić information content (AvgIpc) is 2.35. The summed E-state index contributed by atoms with van der Waals surface area (Å²) in [4.78, 5) is 8.39. The van der Waals surface area contributed by atoms with Crippen LogP contribution in [0.2, 0.25) is 0 Å². The highest BCUT2D eigenvalue weighted by atomic mass is 32.1. The molecule has 5 heteroatoms. The maximum Gasteiger partial charge on any atom is 0.238 e. The van der Waals surface area contributed by atoms with Gasteiger partial charge in [-0.15, -0.1) is 0 Å². The molecule has 1 heterocycles. The van der Waals surface area contributed by atoms with Crippen LogP contribution in [-0.4, -0.2) is 15.0 Å². The minimum atomic E-state index is 0.203. The number of rotatable bonds is 3. The number of benzene rings is 1. The van der Waals surface area contributed by atoms with Crippen molar-refractivity contribution in [2.45, 2.75) is 13.8 Å². The van der Waals surface area contributed by atoms with Gasteiger partial charge < -0.3 is 10.5 Å². The lowest BCUT2D eigenvalue weighted by atomic mass is 10.1. The first-order valence-electron chi connectivity index (χ1n) is 5.44. The van der Waals surface area contributed by atoms with Crippen molar-refractivity contribution >= 4 is 17.2 Å². The van der Waals surface area contributed by atoms with Gasteiger partial charge >= 0.3 is 0 Å². The minimum Gasteiger partial charge on any atom is -0.437 e. The smallest absolute Gasteiger partial charge is 0.238 e. The number of aryl methyl sites for hydroxylation is 1. The third-order valence-corrected chi connectivity index (χ3v) is 2.84. The Labute approximate surface area is 111 Å². The van der Waals surface area contributed by atoms with Crippen LogP contribution in [0, 0.1) is 13.8 Å². The van der Waals surface area contributed by atoms with Crippen LogP contribution in [-0.2, 0) is 0 Å². The van der Waals surface area contributed by atoms with Crippen molar-refractivity contribution < 1.29 is 4.74 Å². The molecule has 1 aromatic carbocycles. The molecular weight excluding hydrogens is 246 g/mol. The molecule has 18 heavy (non-hydrogen) atoms. The molecule has 2 N–H and O–H groups in total. The second-order valence-corrected chi connectivity index (χ2v) is 4.35. The van der Waals surface area contributed by atoms with Crippen LogP contribution < -0.4 is 10.5 Å². The molecule has 92 valence electrons. The van der Waals surface area contributed by atoms with E-state index >= 15 is 0 Å². The number of nitrogens with zero attached hydrogens (tertiary/aromatic N) is 2. The molecule has 0 aliphatic heterocycles. The van der Waals surface area contributed by atoms with Crippen LogP contribution in [0.4, 0.5) is 0 Å². The molecule has 0 bridgehead atoms. The van der Waals surface area contributed by atoms with Gasteiger partial charge in [-0.05, 0) is 31.0 Å². The summed E-state index contributed by atoms with van der Waals surface area (Å²) in [5.41, 5.74) is 8.18. The zero-order valence-electron chi connectivity index (χ0n) is 10.2. The Balaban J connectivity index is 2.31. The minimum absolute atomic E-state index is 0.203. The van der Waals surface area contributed by atoms with Gasteiger partial charge in [-0.3, -0.25) is 4.98 Å². The summed E-state index contributed by atoms with van der Waals surface area (Å²) in [5.74, 6) is 1.14. The van der Waals surface area contributed by atoms with Crippen molar-refractivity contribution in [3.8, 4) is 11.6 Å². The molecule has 0 radical (unpaired) electrons. The standard InChI is InChI=1S/C13H13N3OS/c1-8-4-3-5-11(9(8)2)17-12-7-15-6-10(16-12)13(14)18/h3-7H,1-2H3,(H2,14,18). The lowest BCUT2D eigenvalue weighted by Crippen LogP contribution is -2.12. The lowest BCUT2D eigenvalue weighted by Gasteiger charge is -2.09. The van der Waals surface area contributed by atoms with Gasteiger partial charge in [0.25, 0.3) is 0 Å². The van der Waals surface area contributed by atoms with Gasteiger partial charge in [-0.1, -0.05) is 24.4 Å². The van der Waals surface area contributed by atoms with Crippen LogP contribution in [0.25, 0.3) is 0 Å². The van der Waals surface area contributed by atoms with Gasteiger partial charge in [0.05, 0.1) is 12.4 Å². The van der Waals surface area contributed by atoms with Crippen molar-refractivity contribution in [1.29, 1.82) is 0 Å². The number of hydrogen-bond acceptors (Lipinski definition) is 4. The number of ether oxygens (including phenoxy) is 1. The Morgan fingerprint density at radius 1 is 1.28 bits per heavy atom. The molecule has 0 aliphatic carbocycles. The molecule has 0 amide bonds. The van der Waals surface area contributed by atoms with Crippen molar-refractivity contribution in [2.75, 3.05) is 0 Å². The highest BCUT2D eigenvalue weighted by molar-refractivity contribution is 7.80. The first-order chi connectivity index (χ1) is 8.58. The highest BCUT2D eigenvalue weighted by Crippen LogP contribution is 2.25. The Kier molecular flexibility index (Phi) is 3.53. The molecule has 2 rings (SSSR count). The summed E-state index contributed by atoms with van der Waals surface area (Å²) in [7, 11) is 0. The third kappa shape index (κ3) is 2.62. The van der Waals surface area contributed by atoms with Gasteiger partial charge in [-0.25, -0.2) is 4.98 Å². The highest BCUT2D eigenvalue weighted by Gasteiger charge is 2.06. The van der Waals surface area contributed by atoms with E-state index in [1.54, 1.807) is 0 Å².